The lowest BCUT2D eigenvalue weighted by Gasteiger charge is -2.23. The van der Waals surface area contributed by atoms with Gasteiger partial charge in [0.1, 0.15) is 6.04 Å². The number of carbonyl (C=O) groups is 3. The van der Waals surface area contributed by atoms with Crippen molar-refractivity contribution in [2.75, 3.05) is 23.7 Å². The number of aromatic nitrogens is 1. The predicted molar refractivity (Wildman–Crippen MR) is 111 cm³/mol. The van der Waals surface area contributed by atoms with E-state index in [-0.39, 0.29) is 30.8 Å². The molecule has 0 saturated carbocycles. The minimum atomic E-state index is -0.493. The zero-order valence-corrected chi connectivity index (χ0v) is 17.4. The monoisotopic (exact) mass is 465 g/mol. The number of benzene rings is 1. The maximum atomic E-state index is 12.5. The molecule has 0 radical (unpaired) electrons. The fourth-order valence-electron chi connectivity index (χ4n) is 2.95. The summed E-state index contributed by atoms with van der Waals surface area (Å²) in [5.74, 6) is -0.373. The summed E-state index contributed by atoms with van der Waals surface area (Å²) in [6.07, 6.45) is 3.15. The number of nitrogens with zero attached hydrogens (tertiary/aromatic N) is 2. The van der Waals surface area contributed by atoms with Crippen LogP contribution < -0.4 is 16.0 Å². The van der Waals surface area contributed by atoms with Crippen molar-refractivity contribution in [3.63, 3.8) is 0 Å². The van der Waals surface area contributed by atoms with E-state index >= 15 is 0 Å². The molecule has 4 amide bonds. The summed E-state index contributed by atoms with van der Waals surface area (Å²) in [6, 6.07) is 6.31. The Hall–Kier alpha value is -2.46. The third kappa shape index (κ3) is 5.52. The Balaban J connectivity index is 1.43. The predicted octanol–water partition coefficient (Wildman–Crippen LogP) is 3.05. The van der Waals surface area contributed by atoms with Gasteiger partial charge in [0.25, 0.3) is 0 Å². The summed E-state index contributed by atoms with van der Waals surface area (Å²) in [5, 5.41) is 10.4. The van der Waals surface area contributed by atoms with Gasteiger partial charge >= 0.3 is 6.03 Å². The van der Waals surface area contributed by atoms with E-state index in [1.807, 2.05) is 12.1 Å². The molecule has 0 bridgehead atoms. The average molecular weight is 466 g/mol. The quantitative estimate of drug-likeness (QED) is 0.609. The molecule has 1 aliphatic rings. The van der Waals surface area contributed by atoms with Crippen LogP contribution in [0, 0.1) is 0 Å². The number of thiazole rings is 1. The summed E-state index contributed by atoms with van der Waals surface area (Å²) in [7, 11) is 0. The maximum absolute atomic E-state index is 12.5. The number of anilines is 2. The molecule has 1 fully saturated rings. The van der Waals surface area contributed by atoms with Crippen molar-refractivity contribution in [2.24, 2.45) is 0 Å². The summed E-state index contributed by atoms with van der Waals surface area (Å²) >= 11 is 4.67. The average Bonchev–Trinajstić information content (AvgIpc) is 3.35. The van der Waals surface area contributed by atoms with Crippen LogP contribution in [0.1, 0.15) is 19.3 Å². The lowest BCUT2D eigenvalue weighted by molar-refractivity contribution is -0.136. The van der Waals surface area contributed by atoms with Gasteiger partial charge in [0, 0.05) is 41.2 Å². The van der Waals surface area contributed by atoms with Crippen LogP contribution >= 0.6 is 27.3 Å². The Morgan fingerprint density at radius 3 is 2.71 bits per heavy atom. The highest BCUT2D eigenvalue weighted by Gasteiger charge is 2.34. The maximum Gasteiger partial charge on any atom is 0.319 e. The van der Waals surface area contributed by atoms with E-state index in [0.29, 0.717) is 23.8 Å². The van der Waals surface area contributed by atoms with Crippen LogP contribution in [0.4, 0.5) is 15.6 Å². The van der Waals surface area contributed by atoms with Crippen molar-refractivity contribution in [3.05, 3.63) is 40.3 Å². The molecule has 0 aliphatic carbocycles. The summed E-state index contributed by atoms with van der Waals surface area (Å²) < 4.78 is 0.920. The van der Waals surface area contributed by atoms with Gasteiger partial charge in [-0.2, -0.15) is 0 Å². The Bertz CT molecular complexity index is 828. The molecule has 3 N–H and O–H groups in total. The van der Waals surface area contributed by atoms with Crippen LogP contribution in [-0.2, 0) is 9.59 Å². The Morgan fingerprint density at radius 1 is 1.21 bits per heavy atom. The zero-order valence-electron chi connectivity index (χ0n) is 15.0. The Kier molecular flexibility index (Phi) is 6.99. The van der Waals surface area contributed by atoms with Gasteiger partial charge in [-0.3, -0.25) is 9.59 Å². The van der Waals surface area contributed by atoms with Crippen molar-refractivity contribution in [1.29, 1.82) is 0 Å². The lowest BCUT2D eigenvalue weighted by Crippen LogP contribution is -2.44. The van der Waals surface area contributed by atoms with Crippen molar-refractivity contribution >= 4 is 55.9 Å². The Labute approximate surface area is 174 Å². The third-order valence-electron chi connectivity index (χ3n) is 4.26. The van der Waals surface area contributed by atoms with Gasteiger partial charge in [-0.25, -0.2) is 9.78 Å². The van der Waals surface area contributed by atoms with Crippen LogP contribution in [0.3, 0.4) is 0 Å². The molecule has 28 heavy (non-hydrogen) atoms. The first kappa shape index (κ1) is 20.3. The molecule has 1 saturated heterocycles. The molecule has 0 spiro atoms. The van der Waals surface area contributed by atoms with E-state index < -0.39 is 6.04 Å². The molecular formula is C18H20BrN5O3S. The van der Waals surface area contributed by atoms with Gasteiger partial charge in [0.05, 0.1) is 0 Å². The highest BCUT2D eigenvalue weighted by molar-refractivity contribution is 9.10. The first-order valence-corrected chi connectivity index (χ1v) is 10.5. The molecular weight excluding hydrogens is 446 g/mol. The molecule has 1 aliphatic heterocycles. The molecule has 1 atom stereocenters. The van der Waals surface area contributed by atoms with Crippen molar-refractivity contribution in [3.8, 4) is 0 Å². The molecule has 3 rings (SSSR count). The van der Waals surface area contributed by atoms with E-state index in [0.717, 1.165) is 10.9 Å². The highest BCUT2D eigenvalue weighted by atomic mass is 79.9. The number of hydrogen-bond acceptors (Lipinski definition) is 5. The number of rotatable bonds is 6. The van der Waals surface area contributed by atoms with Gasteiger partial charge in [0.2, 0.25) is 11.8 Å². The first-order valence-electron chi connectivity index (χ1n) is 8.83. The van der Waals surface area contributed by atoms with Gasteiger partial charge < -0.3 is 20.9 Å². The number of hydrogen-bond donors (Lipinski definition) is 3. The van der Waals surface area contributed by atoms with E-state index in [1.165, 1.54) is 11.3 Å². The lowest BCUT2D eigenvalue weighted by atomic mass is 10.2. The van der Waals surface area contributed by atoms with Crippen LogP contribution in [0.2, 0.25) is 0 Å². The number of carbonyl (C=O) groups excluding carboxylic acids is 3. The number of urea groups is 1. The van der Waals surface area contributed by atoms with Crippen molar-refractivity contribution in [1.82, 2.24) is 15.2 Å². The normalized spacial score (nSPS) is 15.9. The van der Waals surface area contributed by atoms with Crippen molar-refractivity contribution in [2.45, 2.75) is 25.3 Å². The number of amides is 4. The molecule has 1 unspecified atom stereocenters. The summed E-state index contributed by atoms with van der Waals surface area (Å²) in [5.41, 5.74) is 0.658. The van der Waals surface area contributed by atoms with Crippen LogP contribution in [0.15, 0.2) is 40.3 Å². The molecule has 1 aromatic carbocycles. The molecule has 8 nitrogen and oxygen atoms in total. The first-order chi connectivity index (χ1) is 13.5. The number of likely N-dealkylation sites (tertiary alicyclic amines) is 1. The van der Waals surface area contributed by atoms with Crippen molar-refractivity contribution < 1.29 is 14.4 Å². The van der Waals surface area contributed by atoms with E-state index in [2.05, 4.69) is 36.9 Å². The molecule has 148 valence electrons. The summed E-state index contributed by atoms with van der Waals surface area (Å²) in [6.45, 7) is 0.735. The summed E-state index contributed by atoms with van der Waals surface area (Å²) in [4.78, 5) is 42.4. The second-order valence-corrected chi connectivity index (χ2v) is 8.02. The highest BCUT2D eigenvalue weighted by Crippen LogP contribution is 2.21. The van der Waals surface area contributed by atoms with E-state index in [1.54, 1.807) is 28.6 Å². The molecule has 1 aromatic heterocycles. The van der Waals surface area contributed by atoms with Crippen LogP contribution in [0.25, 0.3) is 0 Å². The number of halogens is 1. The topological polar surface area (TPSA) is 103 Å². The molecule has 10 heteroatoms. The number of nitrogens with one attached hydrogen (secondary N) is 3. The SMILES string of the molecule is O=C(NCCC(=O)N1CCCC1C(=O)Nc1nccs1)Nc1ccc(Br)cc1. The zero-order chi connectivity index (χ0) is 19.9. The smallest absolute Gasteiger partial charge is 0.319 e. The second kappa shape index (κ2) is 9.65. The Morgan fingerprint density at radius 2 is 2.00 bits per heavy atom. The minimum Gasteiger partial charge on any atom is -0.337 e. The second-order valence-electron chi connectivity index (χ2n) is 6.21. The van der Waals surface area contributed by atoms with Crippen LogP contribution in [-0.4, -0.2) is 46.9 Å². The fraction of sp³-hybridized carbons (Fsp3) is 0.333. The molecule has 2 heterocycles. The van der Waals surface area contributed by atoms with Gasteiger partial charge in [0.15, 0.2) is 5.13 Å². The third-order valence-corrected chi connectivity index (χ3v) is 5.48. The van der Waals surface area contributed by atoms with Gasteiger partial charge in [-0.05, 0) is 37.1 Å². The minimum absolute atomic E-state index is 0.134. The van der Waals surface area contributed by atoms with Crippen LogP contribution in [0.5, 0.6) is 0 Å². The van der Waals surface area contributed by atoms with Gasteiger partial charge in [-0.15, -0.1) is 11.3 Å². The van der Waals surface area contributed by atoms with E-state index in [4.69, 9.17) is 0 Å². The van der Waals surface area contributed by atoms with E-state index in [9.17, 15) is 14.4 Å². The largest absolute Gasteiger partial charge is 0.337 e. The molecule has 2 aromatic rings. The fourth-order valence-corrected chi connectivity index (χ4v) is 3.74. The standard InChI is InChI=1S/C18H20BrN5O3S/c19-12-3-5-13(6-4-12)22-17(27)20-8-7-15(25)24-10-1-2-14(24)16(26)23-18-21-9-11-28-18/h3-6,9,11,14H,1-2,7-8,10H2,(H2,20,22,27)(H,21,23,26). The van der Waals surface area contributed by atoms with Gasteiger partial charge in [-0.1, -0.05) is 15.9 Å².